The van der Waals surface area contributed by atoms with Crippen molar-refractivity contribution in [2.24, 2.45) is 7.05 Å². The van der Waals surface area contributed by atoms with Crippen LogP contribution in [0.2, 0.25) is 0 Å². The van der Waals surface area contributed by atoms with Crippen molar-refractivity contribution >= 4 is 0 Å². The number of rotatable bonds is 2. The number of β-amino-alcohol motifs (C(OH)–C–C–N with tert-alkyl or cyclic N) is 1. The summed E-state index contributed by atoms with van der Waals surface area (Å²) in [5, 5.41) is 14.8. The minimum absolute atomic E-state index is 0.373. The molecule has 1 aliphatic rings. The smallest absolute Gasteiger partial charge is 0.143 e. The van der Waals surface area contributed by atoms with Gasteiger partial charge in [0.2, 0.25) is 0 Å². The molecule has 0 aromatic carbocycles. The summed E-state index contributed by atoms with van der Waals surface area (Å²) >= 11 is 0. The second-order valence-electron chi connectivity index (χ2n) is 3.07. The van der Waals surface area contributed by atoms with E-state index in [0.717, 1.165) is 5.82 Å². The number of aryl methyl sites for hydroxylation is 1. The molecule has 1 fully saturated rings. The maximum Gasteiger partial charge on any atom is 0.143 e. The number of aliphatic hydroxyl groups excluding tert-OH is 1. The van der Waals surface area contributed by atoms with Crippen molar-refractivity contribution in [1.82, 2.24) is 19.8 Å². The summed E-state index contributed by atoms with van der Waals surface area (Å²) < 4.78 is 1.69. The first-order chi connectivity index (χ1) is 6.25. The van der Waals surface area contributed by atoms with E-state index in [-0.39, 0.29) is 6.10 Å². The number of hydrogen-bond acceptors (Lipinski definition) is 5. The molecule has 2 heterocycles. The van der Waals surface area contributed by atoms with Crippen molar-refractivity contribution in [1.29, 1.82) is 0 Å². The average molecular weight is 184 g/mol. The Labute approximate surface area is 75.7 Å². The van der Waals surface area contributed by atoms with Gasteiger partial charge in [-0.05, 0) is 0 Å². The Kier molecular flexibility index (Phi) is 2.26. The van der Waals surface area contributed by atoms with Crippen LogP contribution < -0.4 is 0 Å². The molecule has 0 bridgehead atoms. The highest BCUT2D eigenvalue weighted by Gasteiger charge is 2.22. The molecule has 2 rings (SSSR count). The van der Waals surface area contributed by atoms with Crippen LogP contribution in [-0.2, 0) is 18.4 Å². The molecule has 1 atom stereocenters. The van der Waals surface area contributed by atoms with Gasteiger partial charge in [-0.25, -0.2) is 4.98 Å². The average Bonchev–Trinajstić information content (AvgIpc) is 2.64. The normalized spacial score (nSPS) is 24.0. The Balaban J connectivity index is 1.95. The van der Waals surface area contributed by atoms with E-state index in [9.17, 15) is 5.11 Å². The van der Waals surface area contributed by atoms with Crippen molar-refractivity contribution in [3.63, 3.8) is 0 Å². The minimum atomic E-state index is -0.381. The fourth-order valence-corrected chi connectivity index (χ4v) is 1.26. The molecule has 0 spiro atoms. The number of hydroxylamine groups is 2. The van der Waals surface area contributed by atoms with Crippen molar-refractivity contribution < 1.29 is 9.94 Å². The first-order valence-electron chi connectivity index (χ1n) is 4.14. The third kappa shape index (κ3) is 1.85. The van der Waals surface area contributed by atoms with Gasteiger partial charge in [-0.2, -0.15) is 10.2 Å². The molecule has 1 aliphatic heterocycles. The highest BCUT2D eigenvalue weighted by molar-refractivity contribution is 4.83. The van der Waals surface area contributed by atoms with E-state index in [1.807, 2.05) is 7.05 Å². The summed E-state index contributed by atoms with van der Waals surface area (Å²) in [7, 11) is 1.83. The standard InChI is InChI=1S/C7H12N4O2/c1-10-7(8-5-9-10)3-11-2-6(12)4-13-11/h5-6,12H,2-4H2,1H3/t6-/m1/s1. The third-order valence-electron chi connectivity index (χ3n) is 1.99. The quantitative estimate of drug-likeness (QED) is 0.633. The number of aliphatic hydroxyl groups is 1. The Hall–Kier alpha value is -0.980. The predicted octanol–water partition coefficient (Wildman–Crippen LogP) is -1.08. The fraction of sp³-hybridized carbons (Fsp3) is 0.714. The van der Waals surface area contributed by atoms with Crippen LogP contribution in [-0.4, -0.2) is 44.2 Å². The van der Waals surface area contributed by atoms with Crippen LogP contribution in [0.25, 0.3) is 0 Å². The number of nitrogens with zero attached hydrogens (tertiary/aromatic N) is 4. The summed E-state index contributed by atoms with van der Waals surface area (Å²) in [5.74, 6) is 0.828. The van der Waals surface area contributed by atoms with E-state index in [1.54, 1.807) is 9.75 Å². The minimum Gasteiger partial charge on any atom is -0.389 e. The van der Waals surface area contributed by atoms with E-state index in [2.05, 4.69) is 10.1 Å². The van der Waals surface area contributed by atoms with Gasteiger partial charge in [0.15, 0.2) is 0 Å². The highest BCUT2D eigenvalue weighted by Crippen LogP contribution is 2.08. The monoisotopic (exact) mass is 184 g/mol. The zero-order valence-corrected chi connectivity index (χ0v) is 7.42. The van der Waals surface area contributed by atoms with Gasteiger partial charge in [0.25, 0.3) is 0 Å². The molecular formula is C7H12N4O2. The van der Waals surface area contributed by atoms with E-state index < -0.39 is 0 Å². The van der Waals surface area contributed by atoms with Crippen molar-refractivity contribution in [2.45, 2.75) is 12.6 Å². The molecule has 6 nitrogen and oxygen atoms in total. The van der Waals surface area contributed by atoms with Crippen LogP contribution in [0.5, 0.6) is 0 Å². The first-order valence-corrected chi connectivity index (χ1v) is 4.14. The number of hydrogen-bond donors (Lipinski definition) is 1. The second-order valence-corrected chi connectivity index (χ2v) is 3.07. The van der Waals surface area contributed by atoms with Crippen LogP contribution >= 0.6 is 0 Å². The fourth-order valence-electron chi connectivity index (χ4n) is 1.26. The summed E-state index contributed by atoms with van der Waals surface area (Å²) in [6.45, 7) is 1.47. The molecule has 0 saturated carbocycles. The highest BCUT2D eigenvalue weighted by atomic mass is 16.7. The molecule has 0 unspecified atom stereocenters. The lowest BCUT2D eigenvalue weighted by molar-refractivity contribution is -0.119. The van der Waals surface area contributed by atoms with Gasteiger partial charge in [-0.1, -0.05) is 0 Å². The van der Waals surface area contributed by atoms with Gasteiger partial charge in [0, 0.05) is 7.05 Å². The molecule has 0 amide bonds. The van der Waals surface area contributed by atoms with E-state index in [1.165, 1.54) is 6.33 Å². The zero-order chi connectivity index (χ0) is 9.26. The largest absolute Gasteiger partial charge is 0.389 e. The van der Waals surface area contributed by atoms with Gasteiger partial charge in [0.05, 0.1) is 25.8 Å². The molecule has 1 saturated heterocycles. The van der Waals surface area contributed by atoms with Gasteiger partial charge < -0.3 is 5.11 Å². The Morgan fingerprint density at radius 2 is 2.62 bits per heavy atom. The van der Waals surface area contributed by atoms with Crippen molar-refractivity contribution in [3.8, 4) is 0 Å². The van der Waals surface area contributed by atoms with Gasteiger partial charge >= 0.3 is 0 Å². The molecule has 13 heavy (non-hydrogen) atoms. The summed E-state index contributed by atoms with van der Waals surface area (Å²) in [4.78, 5) is 9.25. The maximum atomic E-state index is 9.19. The lowest BCUT2D eigenvalue weighted by atomic mass is 10.4. The molecule has 0 aliphatic carbocycles. The lowest BCUT2D eigenvalue weighted by Crippen LogP contribution is -2.22. The van der Waals surface area contributed by atoms with Crippen LogP contribution in [0, 0.1) is 0 Å². The van der Waals surface area contributed by atoms with Gasteiger partial charge in [-0.3, -0.25) is 9.52 Å². The van der Waals surface area contributed by atoms with E-state index in [0.29, 0.717) is 19.7 Å². The predicted molar refractivity (Wildman–Crippen MR) is 43.4 cm³/mol. The van der Waals surface area contributed by atoms with Gasteiger partial charge in [0.1, 0.15) is 12.2 Å². The SMILES string of the molecule is Cn1ncnc1CN1C[C@@H](O)CO1. The molecule has 1 N–H and O–H groups in total. The van der Waals surface area contributed by atoms with Crippen LogP contribution in [0.1, 0.15) is 5.82 Å². The first kappa shape index (κ1) is 8.61. The van der Waals surface area contributed by atoms with Crippen LogP contribution in [0.3, 0.4) is 0 Å². The molecule has 1 aromatic rings. The van der Waals surface area contributed by atoms with Crippen LogP contribution in [0.15, 0.2) is 6.33 Å². The van der Waals surface area contributed by atoms with E-state index in [4.69, 9.17) is 4.84 Å². The Bertz CT molecular complexity index is 288. The lowest BCUT2D eigenvalue weighted by Gasteiger charge is -2.11. The van der Waals surface area contributed by atoms with Crippen molar-refractivity contribution in [3.05, 3.63) is 12.2 Å². The molecular weight excluding hydrogens is 172 g/mol. The third-order valence-corrected chi connectivity index (χ3v) is 1.99. The summed E-state index contributed by atoms with van der Waals surface area (Å²) in [6, 6.07) is 0. The van der Waals surface area contributed by atoms with Gasteiger partial charge in [-0.15, -0.1) is 0 Å². The molecule has 0 radical (unpaired) electrons. The maximum absolute atomic E-state index is 9.19. The Morgan fingerprint density at radius 1 is 1.77 bits per heavy atom. The number of aromatic nitrogens is 3. The Morgan fingerprint density at radius 3 is 3.15 bits per heavy atom. The summed E-state index contributed by atoms with van der Waals surface area (Å²) in [5.41, 5.74) is 0. The second kappa shape index (κ2) is 3.41. The van der Waals surface area contributed by atoms with Crippen LogP contribution in [0.4, 0.5) is 0 Å². The topological polar surface area (TPSA) is 63.4 Å². The van der Waals surface area contributed by atoms with Crippen molar-refractivity contribution in [2.75, 3.05) is 13.2 Å². The molecule has 1 aromatic heterocycles. The zero-order valence-electron chi connectivity index (χ0n) is 7.42. The summed E-state index contributed by atoms with van der Waals surface area (Å²) in [6.07, 6.45) is 1.12. The molecule has 72 valence electrons. The van der Waals surface area contributed by atoms with E-state index >= 15 is 0 Å². The molecule has 6 heteroatoms.